The maximum atomic E-state index is 5.96. The highest BCUT2D eigenvalue weighted by Crippen LogP contribution is 2.50. The summed E-state index contributed by atoms with van der Waals surface area (Å²) in [6, 6.07) is 0. The Hall–Kier alpha value is -0.0400. The molecule has 1 saturated heterocycles. The summed E-state index contributed by atoms with van der Waals surface area (Å²) in [5.74, 6) is 2.51. The quantitative estimate of drug-likeness (QED) is 0.672. The number of ether oxygens (including phenoxy) is 1. The summed E-state index contributed by atoms with van der Waals surface area (Å²) in [5, 5.41) is 0. The summed E-state index contributed by atoms with van der Waals surface area (Å²) < 4.78 is 5.96. The highest BCUT2D eigenvalue weighted by Gasteiger charge is 2.45. The molecule has 5 atom stereocenters. The van der Waals surface area contributed by atoms with E-state index in [1.807, 2.05) is 0 Å². The number of rotatable bonds is 2. The van der Waals surface area contributed by atoms with Gasteiger partial charge in [0, 0.05) is 6.61 Å². The summed E-state index contributed by atoms with van der Waals surface area (Å²) in [6.07, 6.45) is 6.00. The first-order chi connectivity index (χ1) is 7.07. The fourth-order valence-electron chi connectivity index (χ4n) is 3.57. The molecule has 2 aliphatic rings. The normalized spacial score (nSPS) is 47.6. The Labute approximate surface area is 94.6 Å². The van der Waals surface area contributed by atoms with Crippen molar-refractivity contribution in [2.75, 3.05) is 6.61 Å². The molecule has 0 bridgehead atoms. The number of hydrogen-bond donors (Lipinski definition) is 0. The first-order valence-corrected chi connectivity index (χ1v) is 6.68. The Morgan fingerprint density at radius 2 is 2.20 bits per heavy atom. The first-order valence-electron chi connectivity index (χ1n) is 6.68. The van der Waals surface area contributed by atoms with Gasteiger partial charge >= 0.3 is 0 Å². The molecule has 0 amide bonds. The molecule has 1 aliphatic carbocycles. The highest BCUT2D eigenvalue weighted by atomic mass is 16.5. The second-order valence-corrected chi connectivity index (χ2v) is 6.22. The SMILES string of the molecule is CCC(C)C1(C)CCC2C(C)COC2C1. The van der Waals surface area contributed by atoms with Gasteiger partial charge in [0.05, 0.1) is 6.10 Å². The summed E-state index contributed by atoms with van der Waals surface area (Å²) in [6.45, 7) is 10.6. The van der Waals surface area contributed by atoms with Crippen LogP contribution in [-0.4, -0.2) is 12.7 Å². The van der Waals surface area contributed by atoms with Crippen molar-refractivity contribution in [1.82, 2.24) is 0 Å². The van der Waals surface area contributed by atoms with Crippen LogP contribution in [-0.2, 0) is 4.74 Å². The van der Waals surface area contributed by atoms with Crippen LogP contribution in [0.5, 0.6) is 0 Å². The molecule has 0 N–H and O–H groups in total. The van der Waals surface area contributed by atoms with E-state index in [4.69, 9.17) is 4.74 Å². The summed E-state index contributed by atoms with van der Waals surface area (Å²) in [4.78, 5) is 0. The molecule has 0 aromatic rings. The molecule has 15 heavy (non-hydrogen) atoms. The van der Waals surface area contributed by atoms with E-state index in [-0.39, 0.29) is 0 Å². The molecule has 1 aliphatic heterocycles. The molecule has 2 rings (SSSR count). The Morgan fingerprint density at radius 3 is 2.87 bits per heavy atom. The van der Waals surface area contributed by atoms with Crippen LogP contribution >= 0.6 is 0 Å². The van der Waals surface area contributed by atoms with E-state index < -0.39 is 0 Å². The summed E-state index contributed by atoms with van der Waals surface area (Å²) >= 11 is 0. The van der Waals surface area contributed by atoms with Gasteiger partial charge in [-0.05, 0) is 42.4 Å². The zero-order valence-electron chi connectivity index (χ0n) is 10.8. The fraction of sp³-hybridized carbons (Fsp3) is 1.00. The van der Waals surface area contributed by atoms with Crippen molar-refractivity contribution in [2.24, 2.45) is 23.2 Å². The average Bonchev–Trinajstić information content (AvgIpc) is 2.58. The molecule has 0 aromatic heterocycles. The van der Waals surface area contributed by atoms with Gasteiger partial charge in [0.15, 0.2) is 0 Å². The van der Waals surface area contributed by atoms with Crippen molar-refractivity contribution in [3.8, 4) is 0 Å². The molecular weight excluding hydrogens is 184 g/mol. The lowest BCUT2D eigenvalue weighted by Gasteiger charge is -2.44. The molecule has 0 aromatic carbocycles. The van der Waals surface area contributed by atoms with Gasteiger partial charge in [-0.3, -0.25) is 0 Å². The number of fused-ring (bicyclic) bond motifs is 1. The predicted molar refractivity (Wildman–Crippen MR) is 63.8 cm³/mol. The van der Waals surface area contributed by atoms with E-state index in [1.165, 1.54) is 25.7 Å². The van der Waals surface area contributed by atoms with Crippen LogP contribution in [0.4, 0.5) is 0 Å². The van der Waals surface area contributed by atoms with Crippen LogP contribution in [0.25, 0.3) is 0 Å². The zero-order chi connectivity index (χ0) is 11.1. The van der Waals surface area contributed by atoms with Gasteiger partial charge in [-0.2, -0.15) is 0 Å². The standard InChI is InChI=1S/C14H26O/c1-5-11(3)14(4)7-6-12-10(2)9-15-13(12)8-14/h10-13H,5-9H2,1-4H3. The lowest BCUT2D eigenvalue weighted by Crippen LogP contribution is -2.38. The van der Waals surface area contributed by atoms with Crippen LogP contribution in [0.3, 0.4) is 0 Å². The average molecular weight is 210 g/mol. The topological polar surface area (TPSA) is 9.23 Å². The van der Waals surface area contributed by atoms with E-state index in [9.17, 15) is 0 Å². The van der Waals surface area contributed by atoms with Crippen molar-refractivity contribution in [2.45, 2.75) is 59.5 Å². The Kier molecular flexibility index (Phi) is 3.12. The Morgan fingerprint density at radius 1 is 1.47 bits per heavy atom. The molecule has 2 fully saturated rings. The predicted octanol–water partition coefficient (Wildman–Crippen LogP) is 3.87. The molecule has 0 radical (unpaired) electrons. The van der Waals surface area contributed by atoms with Crippen molar-refractivity contribution in [3.05, 3.63) is 0 Å². The third-order valence-corrected chi connectivity index (χ3v) is 5.30. The lowest BCUT2D eigenvalue weighted by atomic mass is 9.62. The van der Waals surface area contributed by atoms with E-state index in [0.29, 0.717) is 11.5 Å². The minimum Gasteiger partial charge on any atom is -0.378 e. The van der Waals surface area contributed by atoms with Gasteiger partial charge < -0.3 is 4.74 Å². The van der Waals surface area contributed by atoms with Crippen molar-refractivity contribution in [1.29, 1.82) is 0 Å². The largest absolute Gasteiger partial charge is 0.378 e. The second-order valence-electron chi connectivity index (χ2n) is 6.22. The van der Waals surface area contributed by atoms with E-state index in [2.05, 4.69) is 27.7 Å². The summed E-state index contributed by atoms with van der Waals surface area (Å²) in [5.41, 5.74) is 0.542. The first kappa shape index (κ1) is 11.4. The van der Waals surface area contributed by atoms with Crippen LogP contribution in [0.1, 0.15) is 53.4 Å². The minimum atomic E-state index is 0.542. The van der Waals surface area contributed by atoms with Gasteiger partial charge in [-0.1, -0.05) is 34.1 Å². The molecule has 1 nitrogen and oxygen atoms in total. The van der Waals surface area contributed by atoms with Crippen LogP contribution in [0, 0.1) is 23.2 Å². The van der Waals surface area contributed by atoms with Crippen molar-refractivity contribution in [3.63, 3.8) is 0 Å². The third-order valence-electron chi connectivity index (χ3n) is 5.30. The molecule has 88 valence electrons. The molecule has 0 spiro atoms. The summed E-state index contributed by atoms with van der Waals surface area (Å²) in [7, 11) is 0. The highest BCUT2D eigenvalue weighted by molar-refractivity contribution is 4.94. The zero-order valence-corrected chi connectivity index (χ0v) is 10.8. The monoisotopic (exact) mass is 210 g/mol. The van der Waals surface area contributed by atoms with Crippen molar-refractivity contribution < 1.29 is 4.74 Å². The van der Waals surface area contributed by atoms with Crippen LogP contribution in [0.15, 0.2) is 0 Å². The molecule has 5 unspecified atom stereocenters. The maximum Gasteiger partial charge on any atom is 0.0612 e. The Bertz CT molecular complexity index is 225. The van der Waals surface area contributed by atoms with E-state index in [1.54, 1.807) is 0 Å². The van der Waals surface area contributed by atoms with Gasteiger partial charge in [-0.25, -0.2) is 0 Å². The third kappa shape index (κ3) is 1.95. The maximum absolute atomic E-state index is 5.96. The number of hydrogen-bond acceptors (Lipinski definition) is 1. The van der Waals surface area contributed by atoms with Gasteiger partial charge in [0.1, 0.15) is 0 Å². The molecular formula is C14H26O. The van der Waals surface area contributed by atoms with Gasteiger partial charge in [0.2, 0.25) is 0 Å². The Balaban J connectivity index is 2.04. The second kappa shape index (κ2) is 4.08. The van der Waals surface area contributed by atoms with E-state index in [0.717, 1.165) is 24.4 Å². The van der Waals surface area contributed by atoms with Gasteiger partial charge in [0.25, 0.3) is 0 Å². The fourth-order valence-corrected chi connectivity index (χ4v) is 3.57. The smallest absolute Gasteiger partial charge is 0.0612 e. The molecule has 1 saturated carbocycles. The van der Waals surface area contributed by atoms with E-state index >= 15 is 0 Å². The van der Waals surface area contributed by atoms with Gasteiger partial charge in [-0.15, -0.1) is 0 Å². The minimum absolute atomic E-state index is 0.542. The lowest BCUT2D eigenvalue weighted by molar-refractivity contribution is -0.00995. The molecule has 1 heterocycles. The molecule has 1 heteroatoms. The van der Waals surface area contributed by atoms with Crippen LogP contribution in [0.2, 0.25) is 0 Å². The van der Waals surface area contributed by atoms with Crippen LogP contribution < -0.4 is 0 Å². The van der Waals surface area contributed by atoms with Crippen molar-refractivity contribution >= 4 is 0 Å².